The third-order valence-corrected chi connectivity index (χ3v) is 5.04. The summed E-state index contributed by atoms with van der Waals surface area (Å²) >= 11 is 0. The van der Waals surface area contributed by atoms with E-state index in [0.717, 1.165) is 53.9 Å². The molecule has 7 heteroatoms. The second-order valence-corrected chi connectivity index (χ2v) is 7.11. The molecule has 2 aliphatic carbocycles. The molecule has 5 rings (SSSR count). The Kier molecular flexibility index (Phi) is 3.67. The summed E-state index contributed by atoms with van der Waals surface area (Å²) < 4.78 is 1.77. The molecule has 2 N–H and O–H groups in total. The van der Waals surface area contributed by atoms with Gasteiger partial charge < -0.3 is 10.6 Å². The number of carbonyl (C=O) groups excluding carboxylic acids is 1. The first-order valence-corrected chi connectivity index (χ1v) is 9.24. The number of amides is 1. The summed E-state index contributed by atoms with van der Waals surface area (Å²) in [5, 5.41) is 10.8. The van der Waals surface area contributed by atoms with Gasteiger partial charge in [-0.05, 0) is 43.4 Å². The van der Waals surface area contributed by atoms with Gasteiger partial charge in [0.1, 0.15) is 0 Å². The minimum absolute atomic E-state index is 0.0745. The molecular formula is C20H20N6O. The fourth-order valence-corrected chi connectivity index (χ4v) is 3.53. The first kappa shape index (κ1) is 16.0. The third kappa shape index (κ3) is 2.95. The van der Waals surface area contributed by atoms with E-state index in [9.17, 15) is 4.79 Å². The van der Waals surface area contributed by atoms with E-state index in [1.165, 1.54) is 0 Å². The second-order valence-electron chi connectivity index (χ2n) is 7.11. The van der Waals surface area contributed by atoms with Crippen molar-refractivity contribution >= 4 is 17.5 Å². The Morgan fingerprint density at radius 1 is 1.19 bits per heavy atom. The van der Waals surface area contributed by atoms with E-state index < -0.39 is 0 Å². The number of hydrogen-bond acceptors (Lipinski definition) is 5. The molecule has 0 unspecified atom stereocenters. The van der Waals surface area contributed by atoms with Gasteiger partial charge in [0, 0.05) is 30.5 Å². The fraction of sp³-hybridized carbons (Fsp3) is 0.300. The Hall–Kier alpha value is -3.22. The molecule has 1 fully saturated rings. The first-order valence-electron chi connectivity index (χ1n) is 9.24. The van der Waals surface area contributed by atoms with Crippen LogP contribution in [0.1, 0.15) is 34.5 Å². The van der Waals surface area contributed by atoms with E-state index in [2.05, 4.69) is 20.7 Å². The van der Waals surface area contributed by atoms with Crippen molar-refractivity contribution in [2.24, 2.45) is 7.05 Å². The molecule has 1 aromatic carbocycles. The van der Waals surface area contributed by atoms with Crippen LogP contribution in [0.2, 0.25) is 0 Å². The van der Waals surface area contributed by atoms with Crippen molar-refractivity contribution < 1.29 is 4.79 Å². The van der Waals surface area contributed by atoms with Crippen LogP contribution >= 0.6 is 0 Å². The number of nitrogens with one attached hydrogen (secondary N) is 2. The maximum Gasteiger partial charge on any atom is 0.272 e. The van der Waals surface area contributed by atoms with Gasteiger partial charge in [-0.3, -0.25) is 9.48 Å². The van der Waals surface area contributed by atoms with Gasteiger partial charge in [0.2, 0.25) is 5.95 Å². The summed E-state index contributed by atoms with van der Waals surface area (Å²) in [6.07, 6.45) is 5.58. The van der Waals surface area contributed by atoms with Crippen LogP contribution in [0.25, 0.3) is 11.4 Å². The van der Waals surface area contributed by atoms with Crippen molar-refractivity contribution in [2.75, 3.05) is 5.32 Å². The van der Waals surface area contributed by atoms with Gasteiger partial charge in [-0.25, -0.2) is 9.97 Å². The average molecular weight is 360 g/mol. The molecule has 1 amide bonds. The molecular weight excluding hydrogens is 340 g/mol. The molecule has 0 saturated heterocycles. The summed E-state index contributed by atoms with van der Waals surface area (Å²) in [7, 11) is 1.87. The predicted octanol–water partition coefficient (Wildman–Crippen LogP) is 2.61. The van der Waals surface area contributed by atoms with Gasteiger partial charge in [0.25, 0.3) is 5.91 Å². The SMILES string of the molecule is Cn1nc(C(=O)NC2CC2)c2c1-c1nc(Nc3ccccc3)ncc1CC2. The molecule has 3 aromatic rings. The highest BCUT2D eigenvalue weighted by atomic mass is 16.2. The standard InChI is InChI=1S/C20H20N6O/c1-26-18-15(17(25-26)19(27)22-14-8-9-14)10-7-12-11-21-20(24-16(12)18)23-13-5-3-2-4-6-13/h2-6,11,14H,7-10H2,1H3,(H,22,27)(H,21,23,24). The van der Waals surface area contributed by atoms with Gasteiger partial charge in [-0.15, -0.1) is 0 Å². The minimum Gasteiger partial charge on any atom is -0.348 e. The Balaban J connectivity index is 1.52. The molecule has 2 aliphatic rings. The highest BCUT2D eigenvalue weighted by molar-refractivity contribution is 5.96. The van der Waals surface area contributed by atoms with E-state index in [-0.39, 0.29) is 5.91 Å². The quantitative estimate of drug-likeness (QED) is 0.747. The topological polar surface area (TPSA) is 84.7 Å². The minimum atomic E-state index is -0.0745. The van der Waals surface area contributed by atoms with Crippen molar-refractivity contribution in [3.05, 3.63) is 53.3 Å². The Labute approximate surface area is 156 Å². The summed E-state index contributed by atoms with van der Waals surface area (Å²) in [5.41, 5.74) is 5.29. The van der Waals surface area contributed by atoms with E-state index in [4.69, 9.17) is 4.98 Å². The van der Waals surface area contributed by atoms with E-state index in [1.54, 1.807) is 4.68 Å². The highest BCUT2D eigenvalue weighted by Gasteiger charge is 2.31. The number of carbonyl (C=O) groups is 1. The third-order valence-electron chi connectivity index (χ3n) is 5.04. The van der Waals surface area contributed by atoms with Crippen molar-refractivity contribution in [1.82, 2.24) is 25.1 Å². The van der Waals surface area contributed by atoms with Crippen LogP contribution in [0.15, 0.2) is 36.5 Å². The predicted molar refractivity (Wildman–Crippen MR) is 102 cm³/mol. The van der Waals surface area contributed by atoms with Gasteiger partial charge >= 0.3 is 0 Å². The number of nitrogens with zero attached hydrogens (tertiary/aromatic N) is 4. The van der Waals surface area contributed by atoms with E-state index >= 15 is 0 Å². The molecule has 0 atom stereocenters. The van der Waals surface area contributed by atoms with E-state index in [0.29, 0.717) is 17.7 Å². The monoisotopic (exact) mass is 360 g/mol. The zero-order valence-electron chi connectivity index (χ0n) is 15.1. The number of para-hydroxylation sites is 1. The number of fused-ring (bicyclic) bond motifs is 3. The second kappa shape index (κ2) is 6.19. The van der Waals surface area contributed by atoms with Crippen LogP contribution in [0, 0.1) is 0 Å². The van der Waals surface area contributed by atoms with Crippen LogP contribution in [0.3, 0.4) is 0 Å². The lowest BCUT2D eigenvalue weighted by Crippen LogP contribution is -2.27. The molecule has 2 aromatic heterocycles. The smallest absolute Gasteiger partial charge is 0.272 e. The number of aromatic nitrogens is 4. The normalized spacial score (nSPS) is 15.0. The zero-order valence-corrected chi connectivity index (χ0v) is 15.1. The zero-order chi connectivity index (χ0) is 18.4. The Morgan fingerprint density at radius 3 is 2.78 bits per heavy atom. The maximum atomic E-state index is 12.6. The lowest BCUT2D eigenvalue weighted by atomic mass is 9.93. The van der Waals surface area contributed by atoms with Gasteiger partial charge in [-0.1, -0.05) is 18.2 Å². The lowest BCUT2D eigenvalue weighted by Gasteiger charge is -2.17. The molecule has 0 aliphatic heterocycles. The summed E-state index contributed by atoms with van der Waals surface area (Å²) in [4.78, 5) is 21.8. The van der Waals surface area contributed by atoms with Crippen LogP contribution in [0.4, 0.5) is 11.6 Å². The van der Waals surface area contributed by atoms with Crippen molar-refractivity contribution in [3.8, 4) is 11.4 Å². The van der Waals surface area contributed by atoms with Gasteiger partial charge in [-0.2, -0.15) is 5.10 Å². The largest absolute Gasteiger partial charge is 0.348 e. The summed E-state index contributed by atoms with van der Waals surface area (Å²) in [5.74, 6) is 0.465. The van der Waals surface area contributed by atoms with Crippen molar-refractivity contribution in [2.45, 2.75) is 31.7 Å². The average Bonchev–Trinajstić information content (AvgIpc) is 3.43. The molecule has 1 saturated carbocycles. The molecule has 136 valence electrons. The van der Waals surface area contributed by atoms with E-state index in [1.807, 2.05) is 43.6 Å². The number of aryl methyl sites for hydroxylation is 2. The van der Waals surface area contributed by atoms with Crippen LogP contribution in [-0.2, 0) is 19.9 Å². The lowest BCUT2D eigenvalue weighted by molar-refractivity contribution is 0.0944. The molecule has 0 spiro atoms. The Bertz CT molecular complexity index is 1020. The van der Waals surface area contributed by atoms with Gasteiger partial charge in [0.15, 0.2) is 5.69 Å². The molecule has 0 bridgehead atoms. The number of benzene rings is 1. The molecule has 2 heterocycles. The fourth-order valence-electron chi connectivity index (χ4n) is 3.53. The van der Waals surface area contributed by atoms with Crippen molar-refractivity contribution in [1.29, 1.82) is 0 Å². The number of anilines is 2. The summed E-state index contributed by atoms with van der Waals surface area (Å²) in [6.45, 7) is 0. The first-order chi connectivity index (χ1) is 13.2. The van der Waals surface area contributed by atoms with Crippen LogP contribution < -0.4 is 10.6 Å². The summed E-state index contributed by atoms with van der Waals surface area (Å²) in [6, 6.07) is 10.1. The van der Waals surface area contributed by atoms with Gasteiger partial charge in [0.05, 0.1) is 11.4 Å². The molecule has 7 nitrogen and oxygen atoms in total. The van der Waals surface area contributed by atoms with Crippen LogP contribution in [0.5, 0.6) is 0 Å². The van der Waals surface area contributed by atoms with Crippen molar-refractivity contribution in [3.63, 3.8) is 0 Å². The molecule has 0 radical (unpaired) electrons. The van der Waals surface area contributed by atoms with Crippen LogP contribution in [-0.4, -0.2) is 31.7 Å². The number of hydrogen-bond donors (Lipinski definition) is 2. The number of rotatable bonds is 4. The maximum absolute atomic E-state index is 12.6. The highest BCUT2D eigenvalue weighted by Crippen LogP contribution is 2.34. The Morgan fingerprint density at radius 2 is 2.00 bits per heavy atom. The molecule has 27 heavy (non-hydrogen) atoms.